The fourth-order valence-corrected chi connectivity index (χ4v) is 2.22. The van der Waals surface area contributed by atoms with Crippen LogP contribution in [-0.4, -0.2) is 45.1 Å². The number of hydrogen-bond donors (Lipinski definition) is 4. The highest BCUT2D eigenvalue weighted by Crippen LogP contribution is 2.31. The molecule has 104 valence electrons. The summed E-state index contributed by atoms with van der Waals surface area (Å²) in [5.74, 6) is 0. The Morgan fingerprint density at radius 2 is 1.95 bits per heavy atom. The molecule has 1 aromatic rings. The van der Waals surface area contributed by atoms with Gasteiger partial charge in [-0.15, -0.1) is 0 Å². The average Bonchev–Trinajstić information content (AvgIpc) is 2.86. The summed E-state index contributed by atoms with van der Waals surface area (Å²) < 4.78 is 0. The number of fused-ring (bicyclic) bond motifs is 1. The van der Waals surface area contributed by atoms with Crippen LogP contribution in [0.4, 0.5) is 0 Å². The number of nitrogens with zero attached hydrogens (tertiary/aromatic N) is 1. The minimum absolute atomic E-state index is 0.131. The van der Waals surface area contributed by atoms with Gasteiger partial charge in [-0.3, -0.25) is 4.79 Å². The van der Waals surface area contributed by atoms with E-state index in [1.54, 1.807) is 0 Å². The van der Waals surface area contributed by atoms with Gasteiger partial charge in [-0.1, -0.05) is 6.08 Å². The van der Waals surface area contributed by atoms with E-state index in [9.17, 15) is 20.1 Å². The first-order valence-corrected chi connectivity index (χ1v) is 6.24. The third-order valence-electron chi connectivity index (χ3n) is 3.74. The van der Waals surface area contributed by atoms with Crippen molar-refractivity contribution >= 4 is 5.57 Å². The van der Waals surface area contributed by atoms with E-state index in [0.29, 0.717) is 30.5 Å². The maximum absolute atomic E-state index is 11.6. The summed E-state index contributed by atoms with van der Waals surface area (Å²) in [6.45, 7) is -0.825. The minimum atomic E-state index is -0.884. The first-order valence-electron chi connectivity index (χ1n) is 6.24. The van der Waals surface area contributed by atoms with E-state index in [-0.39, 0.29) is 25.4 Å². The molecule has 19 heavy (non-hydrogen) atoms. The molecular formula is C13H18N2O4. The fourth-order valence-electron chi connectivity index (χ4n) is 2.22. The van der Waals surface area contributed by atoms with Crippen molar-refractivity contribution < 1.29 is 15.3 Å². The Morgan fingerprint density at radius 3 is 2.58 bits per heavy atom. The Morgan fingerprint density at radius 1 is 1.26 bits per heavy atom. The van der Waals surface area contributed by atoms with Gasteiger partial charge in [0.2, 0.25) is 0 Å². The van der Waals surface area contributed by atoms with Crippen molar-refractivity contribution in [2.75, 3.05) is 19.8 Å². The molecule has 0 atom stereocenters. The number of rotatable bonds is 6. The molecule has 0 saturated heterocycles. The zero-order chi connectivity index (χ0) is 13.9. The van der Waals surface area contributed by atoms with Crippen LogP contribution in [0.15, 0.2) is 17.2 Å². The number of allylic oxidation sites excluding steroid dienone is 2. The zero-order valence-electron chi connectivity index (χ0n) is 10.6. The molecule has 2 rings (SSSR count). The van der Waals surface area contributed by atoms with E-state index in [0.717, 1.165) is 5.57 Å². The van der Waals surface area contributed by atoms with E-state index in [1.807, 2.05) is 6.08 Å². The number of aromatic nitrogens is 2. The van der Waals surface area contributed by atoms with Crippen molar-refractivity contribution in [3.05, 3.63) is 34.0 Å². The normalized spacial score (nSPS) is 14.4. The van der Waals surface area contributed by atoms with Crippen molar-refractivity contribution in [3.8, 4) is 0 Å². The van der Waals surface area contributed by atoms with Gasteiger partial charge in [0.15, 0.2) is 0 Å². The quantitative estimate of drug-likeness (QED) is 0.553. The molecule has 0 radical (unpaired) electrons. The molecule has 0 bridgehead atoms. The first kappa shape index (κ1) is 13.9. The number of aliphatic hydroxyl groups is 3. The Bertz CT molecular complexity index is 523. The highest BCUT2D eigenvalue weighted by Gasteiger charge is 2.29. The predicted molar refractivity (Wildman–Crippen MR) is 69.5 cm³/mol. The molecule has 0 spiro atoms. The maximum atomic E-state index is 11.6. The highest BCUT2D eigenvalue weighted by molar-refractivity contribution is 5.69. The van der Waals surface area contributed by atoms with Gasteiger partial charge in [-0.05, 0) is 24.8 Å². The molecule has 1 aromatic heterocycles. The number of H-pyrrole nitrogens is 1. The molecular weight excluding hydrogens is 248 g/mol. The van der Waals surface area contributed by atoms with Crippen LogP contribution in [0, 0.1) is 5.41 Å². The molecule has 4 N–H and O–H groups in total. The SMILES string of the molecule is O=c1[nH]cnc2c1CC=C2CCC(CO)(CO)CO. The van der Waals surface area contributed by atoms with Crippen LogP contribution in [0.2, 0.25) is 0 Å². The van der Waals surface area contributed by atoms with Crippen LogP contribution in [0.3, 0.4) is 0 Å². The van der Waals surface area contributed by atoms with Crippen LogP contribution in [-0.2, 0) is 6.42 Å². The van der Waals surface area contributed by atoms with E-state index in [2.05, 4.69) is 9.97 Å². The van der Waals surface area contributed by atoms with Gasteiger partial charge in [-0.25, -0.2) is 4.98 Å². The van der Waals surface area contributed by atoms with Crippen molar-refractivity contribution in [1.29, 1.82) is 0 Å². The highest BCUT2D eigenvalue weighted by atomic mass is 16.3. The van der Waals surface area contributed by atoms with E-state index in [4.69, 9.17) is 0 Å². The lowest BCUT2D eigenvalue weighted by atomic mass is 9.84. The van der Waals surface area contributed by atoms with Gasteiger partial charge in [0, 0.05) is 11.0 Å². The molecule has 0 aliphatic heterocycles. The summed E-state index contributed by atoms with van der Waals surface area (Å²) in [5.41, 5.74) is 1.26. The van der Waals surface area contributed by atoms with Crippen LogP contribution in [0.25, 0.3) is 5.57 Å². The van der Waals surface area contributed by atoms with Gasteiger partial charge in [0.25, 0.3) is 5.56 Å². The van der Waals surface area contributed by atoms with E-state index in [1.165, 1.54) is 6.33 Å². The lowest BCUT2D eigenvalue weighted by Gasteiger charge is -2.27. The third-order valence-corrected chi connectivity index (χ3v) is 3.74. The Hall–Kier alpha value is -1.50. The molecule has 0 fully saturated rings. The van der Waals surface area contributed by atoms with Crippen LogP contribution in [0.1, 0.15) is 24.1 Å². The summed E-state index contributed by atoms with van der Waals surface area (Å²) in [6, 6.07) is 0. The van der Waals surface area contributed by atoms with Crippen LogP contribution in [0.5, 0.6) is 0 Å². The summed E-state index contributed by atoms with van der Waals surface area (Å²) in [4.78, 5) is 18.3. The molecule has 1 aliphatic carbocycles. The molecule has 1 heterocycles. The number of hydrogen-bond acceptors (Lipinski definition) is 5. The second kappa shape index (κ2) is 5.64. The lowest BCUT2D eigenvalue weighted by molar-refractivity contribution is 0.000593. The van der Waals surface area contributed by atoms with Gasteiger partial charge < -0.3 is 20.3 Å². The first-order chi connectivity index (χ1) is 9.15. The van der Waals surface area contributed by atoms with Crippen LogP contribution < -0.4 is 5.56 Å². The van der Waals surface area contributed by atoms with Crippen molar-refractivity contribution in [3.63, 3.8) is 0 Å². The standard InChI is InChI=1S/C13H18N2O4/c16-5-13(6-17,7-18)4-3-9-1-2-10-11(9)14-8-15-12(10)19/h1,8,16-18H,2-7H2,(H,14,15,19). The largest absolute Gasteiger partial charge is 0.396 e. The second-order valence-electron chi connectivity index (χ2n) is 4.97. The predicted octanol–water partition coefficient (Wildman–Crippen LogP) is -0.547. The van der Waals surface area contributed by atoms with Crippen LogP contribution >= 0.6 is 0 Å². The van der Waals surface area contributed by atoms with Crippen molar-refractivity contribution in [2.45, 2.75) is 19.3 Å². The third kappa shape index (κ3) is 2.60. The Labute approximate surface area is 110 Å². The van der Waals surface area contributed by atoms with Gasteiger partial charge in [-0.2, -0.15) is 0 Å². The summed E-state index contributed by atoms with van der Waals surface area (Å²) >= 11 is 0. The molecule has 1 aliphatic rings. The fraction of sp³-hybridized carbons (Fsp3) is 0.538. The second-order valence-corrected chi connectivity index (χ2v) is 4.97. The monoisotopic (exact) mass is 266 g/mol. The Kier molecular flexibility index (Phi) is 4.14. The number of nitrogens with one attached hydrogen (secondary N) is 1. The average molecular weight is 266 g/mol. The summed E-state index contributed by atoms with van der Waals surface area (Å²) in [6.07, 6.45) is 4.86. The number of aromatic amines is 1. The summed E-state index contributed by atoms with van der Waals surface area (Å²) in [7, 11) is 0. The van der Waals surface area contributed by atoms with Gasteiger partial charge in [0.05, 0.1) is 31.8 Å². The molecule has 0 amide bonds. The molecule has 6 heteroatoms. The molecule has 0 saturated carbocycles. The molecule has 0 aromatic carbocycles. The van der Waals surface area contributed by atoms with E-state index >= 15 is 0 Å². The maximum Gasteiger partial charge on any atom is 0.254 e. The zero-order valence-corrected chi connectivity index (χ0v) is 10.6. The van der Waals surface area contributed by atoms with Gasteiger partial charge >= 0.3 is 0 Å². The van der Waals surface area contributed by atoms with Gasteiger partial charge in [0.1, 0.15) is 0 Å². The smallest absolute Gasteiger partial charge is 0.254 e. The minimum Gasteiger partial charge on any atom is -0.396 e. The lowest BCUT2D eigenvalue weighted by Crippen LogP contribution is -2.33. The topological polar surface area (TPSA) is 106 Å². The molecule has 6 nitrogen and oxygen atoms in total. The van der Waals surface area contributed by atoms with E-state index < -0.39 is 5.41 Å². The Balaban J connectivity index is 2.12. The molecule has 0 unspecified atom stereocenters. The number of aliphatic hydroxyl groups excluding tert-OH is 3. The van der Waals surface area contributed by atoms with Crippen molar-refractivity contribution in [1.82, 2.24) is 9.97 Å². The summed E-state index contributed by atoms with van der Waals surface area (Å²) in [5, 5.41) is 27.8. The van der Waals surface area contributed by atoms with Crippen molar-refractivity contribution in [2.24, 2.45) is 5.41 Å².